The average molecular weight is 259 g/mol. The molecular weight excluding hydrogens is 242 g/mol. The van der Waals surface area contributed by atoms with Gasteiger partial charge >= 0.3 is 0 Å². The first-order valence-electron chi connectivity index (χ1n) is 6.20. The van der Waals surface area contributed by atoms with Gasteiger partial charge in [-0.05, 0) is 38.5 Å². The van der Waals surface area contributed by atoms with Crippen molar-refractivity contribution in [2.24, 2.45) is 0 Å². The zero-order valence-corrected chi connectivity index (χ0v) is 11.3. The number of amides is 1. The molecule has 0 unspecified atom stereocenters. The first kappa shape index (κ1) is 13.2. The molecule has 1 N–H and O–H groups in total. The summed E-state index contributed by atoms with van der Waals surface area (Å²) in [5.74, 6) is 0.216. The summed E-state index contributed by atoms with van der Waals surface area (Å²) in [7, 11) is 0. The van der Waals surface area contributed by atoms with E-state index in [1.807, 2.05) is 32.9 Å². The number of rotatable bonds is 4. The minimum absolute atomic E-state index is 0.126. The number of pyridine rings is 1. The van der Waals surface area contributed by atoms with Gasteiger partial charge in [0.15, 0.2) is 0 Å². The monoisotopic (exact) mass is 259 g/mol. The molecule has 2 aromatic rings. The van der Waals surface area contributed by atoms with Gasteiger partial charge in [-0.25, -0.2) is 4.98 Å². The zero-order chi connectivity index (χ0) is 13.8. The standard InChI is InChI=1S/C13H17N5O/c1-4-18-8-14-13(17-18)16-12(19)7-11-5-9(2)15-10(3)6-11/h5-6,8H,4,7H2,1-3H3,(H,16,17,19). The highest BCUT2D eigenvalue weighted by atomic mass is 16.1. The van der Waals surface area contributed by atoms with Crippen LogP contribution in [0.5, 0.6) is 0 Å². The first-order valence-corrected chi connectivity index (χ1v) is 6.20. The third-order valence-electron chi connectivity index (χ3n) is 2.62. The van der Waals surface area contributed by atoms with Crippen LogP contribution in [0, 0.1) is 13.8 Å². The van der Waals surface area contributed by atoms with Crippen molar-refractivity contribution in [3.63, 3.8) is 0 Å². The Kier molecular flexibility index (Phi) is 3.89. The number of hydrogen-bond donors (Lipinski definition) is 1. The summed E-state index contributed by atoms with van der Waals surface area (Å²) >= 11 is 0. The maximum Gasteiger partial charge on any atom is 0.248 e. The van der Waals surface area contributed by atoms with Crippen molar-refractivity contribution in [2.75, 3.05) is 5.32 Å². The van der Waals surface area contributed by atoms with E-state index >= 15 is 0 Å². The number of aryl methyl sites for hydroxylation is 3. The van der Waals surface area contributed by atoms with E-state index < -0.39 is 0 Å². The molecule has 1 amide bonds. The summed E-state index contributed by atoms with van der Waals surface area (Å²) in [4.78, 5) is 20.2. The molecule has 0 aliphatic carbocycles. The molecule has 0 fully saturated rings. The molecule has 0 bridgehead atoms. The predicted molar refractivity (Wildman–Crippen MR) is 71.7 cm³/mol. The van der Waals surface area contributed by atoms with E-state index in [-0.39, 0.29) is 5.91 Å². The van der Waals surface area contributed by atoms with Gasteiger partial charge in [0.05, 0.1) is 6.42 Å². The second-order valence-corrected chi connectivity index (χ2v) is 4.41. The van der Waals surface area contributed by atoms with Crippen LogP contribution in [0.25, 0.3) is 0 Å². The van der Waals surface area contributed by atoms with Gasteiger partial charge in [-0.15, -0.1) is 5.10 Å². The van der Waals surface area contributed by atoms with E-state index in [4.69, 9.17) is 0 Å². The summed E-state index contributed by atoms with van der Waals surface area (Å²) in [5.41, 5.74) is 2.77. The topological polar surface area (TPSA) is 72.7 Å². The molecule has 6 nitrogen and oxygen atoms in total. The number of carbonyl (C=O) groups is 1. The van der Waals surface area contributed by atoms with E-state index in [1.165, 1.54) is 0 Å². The molecule has 2 rings (SSSR count). The summed E-state index contributed by atoms with van der Waals surface area (Å²) in [6.07, 6.45) is 1.89. The lowest BCUT2D eigenvalue weighted by atomic mass is 10.1. The van der Waals surface area contributed by atoms with Gasteiger partial charge in [-0.3, -0.25) is 19.8 Å². The van der Waals surface area contributed by atoms with Crippen molar-refractivity contribution in [1.82, 2.24) is 19.7 Å². The van der Waals surface area contributed by atoms with E-state index in [9.17, 15) is 4.79 Å². The van der Waals surface area contributed by atoms with E-state index in [0.717, 1.165) is 23.5 Å². The Morgan fingerprint density at radius 1 is 1.32 bits per heavy atom. The molecule has 0 radical (unpaired) electrons. The van der Waals surface area contributed by atoms with Gasteiger partial charge in [0.1, 0.15) is 6.33 Å². The quantitative estimate of drug-likeness (QED) is 0.903. The van der Waals surface area contributed by atoms with E-state index in [1.54, 1.807) is 11.0 Å². The van der Waals surface area contributed by atoms with Crippen LogP contribution in [0.1, 0.15) is 23.9 Å². The Balaban J connectivity index is 2.00. The normalized spacial score (nSPS) is 10.5. The highest BCUT2D eigenvalue weighted by molar-refractivity contribution is 5.90. The molecule has 0 aliphatic rings. The van der Waals surface area contributed by atoms with Crippen molar-refractivity contribution >= 4 is 11.9 Å². The molecule has 0 saturated heterocycles. The van der Waals surface area contributed by atoms with Gasteiger partial charge in [-0.1, -0.05) is 0 Å². The number of nitrogens with zero attached hydrogens (tertiary/aromatic N) is 4. The van der Waals surface area contributed by atoms with Crippen LogP contribution >= 0.6 is 0 Å². The Morgan fingerprint density at radius 2 is 2.00 bits per heavy atom. The molecule has 2 heterocycles. The Hall–Kier alpha value is -2.24. The lowest BCUT2D eigenvalue weighted by molar-refractivity contribution is -0.115. The Labute approximate surface area is 111 Å². The largest absolute Gasteiger partial charge is 0.293 e. The number of carbonyl (C=O) groups excluding carboxylic acids is 1. The highest BCUT2D eigenvalue weighted by Gasteiger charge is 2.08. The van der Waals surface area contributed by atoms with Gasteiger partial charge in [0.25, 0.3) is 0 Å². The smallest absolute Gasteiger partial charge is 0.248 e. The number of nitrogens with one attached hydrogen (secondary N) is 1. The summed E-state index contributed by atoms with van der Waals surface area (Å²) < 4.78 is 1.66. The third-order valence-corrected chi connectivity index (χ3v) is 2.62. The molecule has 0 aliphatic heterocycles. The van der Waals surface area contributed by atoms with Crippen LogP contribution in [-0.4, -0.2) is 25.7 Å². The molecule has 2 aromatic heterocycles. The molecule has 19 heavy (non-hydrogen) atoms. The number of hydrogen-bond acceptors (Lipinski definition) is 4. The van der Waals surface area contributed by atoms with Crippen molar-refractivity contribution in [3.8, 4) is 0 Å². The highest BCUT2D eigenvalue weighted by Crippen LogP contribution is 2.07. The Bertz CT molecular complexity index is 570. The van der Waals surface area contributed by atoms with Gasteiger partial charge in [0, 0.05) is 17.9 Å². The minimum Gasteiger partial charge on any atom is -0.293 e. The average Bonchev–Trinajstić information content (AvgIpc) is 2.74. The van der Waals surface area contributed by atoms with Crippen molar-refractivity contribution in [3.05, 3.63) is 35.4 Å². The first-order chi connectivity index (χ1) is 9.06. The zero-order valence-electron chi connectivity index (χ0n) is 11.3. The van der Waals surface area contributed by atoms with Gasteiger partial charge in [-0.2, -0.15) is 0 Å². The molecule has 0 aromatic carbocycles. The number of aromatic nitrogens is 4. The Morgan fingerprint density at radius 3 is 2.58 bits per heavy atom. The van der Waals surface area contributed by atoms with Crippen LogP contribution < -0.4 is 5.32 Å². The van der Waals surface area contributed by atoms with Gasteiger partial charge < -0.3 is 0 Å². The maximum absolute atomic E-state index is 11.9. The van der Waals surface area contributed by atoms with Crippen LogP contribution in [0.4, 0.5) is 5.95 Å². The van der Waals surface area contributed by atoms with E-state index in [2.05, 4.69) is 20.4 Å². The fourth-order valence-electron chi connectivity index (χ4n) is 1.88. The molecule has 0 atom stereocenters. The third kappa shape index (κ3) is 3.61. The fraction of sp³-hybridized carbons (Fsp3) is 0.385. The van der Waals surface area contributed by atoms with Crippen LogP contribution in [-0.2, 0) is 17.8 Å². The molecule has 0 spiro atoms. The second kappa shape index (κ2) is 5.60. The van der Waals surface area contributed by atoms with Crippen molar-refractivity contribution in [1.29, 1.82) is 0 Å². The fourth-order valence-corrected chi connectivity index (χ4v) is 1.88. The van der Waals surface area contributed by atoms with Crippen LogP contribution in [0.15, 0.2) is 18.5 Å². The number of anilines is 1. The van der Waals surface area contributed by atoms with Crippen molar-refractivity contribution in [2.45, 2.75) is 33.7 Å². The lowest BCUT2D eigenvalue weighted by Crippen LogP contribution is -2.16. The predicted octanol–water partition coefficient (Wildman–Crippen LogP) is 1.49. The van der Waals surface area contributed by atoms with Crippen LogP contribution in [0.2, 0.25) is 0 Å². The minimum atomic E-state index is -0.126. The second-order valence-electron chi connectivity index (χ2n) is 4.41. The van der Waals surface area contributed by atoms with Crippen molar-refractivity contribution < 1.29 is 4.79 Å². The summed E-state index contributed by atoms with van der Waals surface area (Å²) in [6, 6.07) is 3.81. The van der Waals surface area contributed by atoms with E-state index in [0.29, 0.717) is 12.4 Å². The molecule has 100 valence electrons. The van der Waals surface area contributed by atoms with Crippen LogP contribution in [0.3, 0.4) is 0 Å². The lowest BCUT2D eigenvalue weighted by Gasteiger charge is -2.04. The SMILES string of the molecule is CCn1cnc(NC(=O)Cc2cc(C)nc(C)c2)n1. The molecule has 6 heteroatoms. The summed E-state index contributed by atoms with van der Waals surface area (Å²) in [5, 5.41) is 6.79. The summed E-state index contributed by atoms with van der Waals surface area (Å²) in [6.45, 7) is 6.52. The maximum atomic E-state index is 11.9. The molecule has 0 saturated carbocycles. The van der Waals surface area contributed by atoms with Gasteiger partial charge in [0.2, 0.25) is 11.9 Å². The molecular formula is C13H17N5O.